The number of furan rings is 2. The van der Waals surface area contributed by atoms with Crippen LogP contribution in [0.4, 0.5) is 0 Å². The van der Waals surface area contributed by atoms with Gasteiger partial charge in [-0.25, -0.2) is 15.0 Å². The summed E-state index contributed by atoms with van der Waals surface area (Å²) in [6.07, 6.45) is 7.72. The van der Waals surface area contributed by atoms with Gasteiger partial charge in [0.05, 0.1) is 28.1 Å². The number of para-hydroxylation sites is 1. The number of rotatable bonds is 10. The molecule has 0 spiro atoms. The van der Waals surface area contributed by atoms with E-state index in [1.54, 1.807) is 6.08 Å². The molecule has 0 bridgehead atoms. The Hall–Kier alpha value is -10.3. The molecule has 14 aromatic rings. The van der Waals surface area contributed by atoms with Gasteiger partial charge in [-0.15, -0.1) is 0 Å². The number of benzene rings is 9. The summed E-state index contributed by atoms with van der Waals surface area (Å²) < 4.78 is 12.3. The summed E-state index contributed by atoms with van der Waals surface area (Å²) in [6, 6.07) is 78.8. The largest absolute Gasteiger partial charge is 0.456 e. The van der Waals surface area contributed by atoms with Crippen LogP contribution in [-0.4, -0.2) is 19.9 Å². The third-order valence-electron chi connectivity index (χ3n) is 14.6. The van der Waals surface area contributed by atoms with Gasteiger partial charge < -0.3 is 8.83 Å². The van der Waals surface area contributed by atoms with E-state index in [9.17, 15) is 0 Å². The van der Waals surface area contributed by atoms with Crippen LogP contribution in [0, 0.1) is 0 Å². The average Bonchev–Trinajstić information content (AvgIpc) is 4.06. The molecule has 0 aliphatic heterocycles. The Labute approximate surface area is 444 Å². The van der Waals surface area contributed by atoms with Crippen LogP contribution in [0.2, 0.25) is 0 Å². The van der Waals surface area contributed by atoms with Crippen molar-refractivity contribution >= 4 is 66.9 Å². The molecule has 5 heterocycles. The first-order chi connectivity index (χ1) is 38.0. The van der Waals surface area contributed by atoms with Crippen LogP contribution in [-0.2, 0) is 0 Å². The summed E-state index contributed by atoms with van der Waals surface area (Å²) in [4.78, 5) is 20.5. The second kappa shape index (κ2) is 18.9. The van der Waals surface area contributed by atoms with E-state index in [1.165, 1.54) is 0 Å². The van der Waals surface area contributed by atoms with Crippen LogP contribution >= 0.6 is 0 Å². The lowest BCUT2D eigenvalue weighted by molar-refractivity contribution is 0.603. The fraction of sp³-hybridized carbons (Fsp3) is 0.0141. The third kappa shape index (κ3) is 8.35. The summed E-state index contributed by atoms with van der Waals surface area (Å²) in [5, 5.41) is 5.38. The van der Waals surface area contributed by atoms with Gasteiger partial charge in [0.25, 0.3) is 0 Å². The zero-order valence-electron chi connectivity index (χ0n) is 42.0. The van der Waals surface area contributed by atoms with E-state index in [4.69, 9.17) is 28.8 Å². The number of pyridine rings is 2. The summed E-state index contributed by atoms with van der Waals surface area (Å²) in [5.74, 6) is 1.41. The Morgan fingerprint density at radius 1 is 0.364 bits per heavy atom. The second-order valence-corrected chi connectivity index (χ2v) is 19.4. The number of fused-ring (bicyclic) bond motifs is 7. The number of aromatic nitrogens is 4. The fourth-order valence-corrected chi connectivity index (χ4v) is 10.7. The monoisotopic (exact) mass is 986 g/mol. The van der Waals surface area contributed by atoms with Gasteiger partial charge in [0.15, 0.2) is 5.82 Å². The summed E-state index contributed by atoms with van der Waals surface area (Å²) in [5.41, 5.74) is 20.5. The van der Waals surface area contributed by atoms with E-state index in [0.29, 0.717) is 5.82 Å². The van der Waals surface area contributed by atoms with E-state index >= 15 is 0 Å². The van der Waals surface area contributed by atoms with Gasteiger partial charge in [-0.1, -0.05) is 170 Å². The lowest BCUT2D eigenvalue weighted by Gasteiger charge is -2.14. The molecule has 5 aromatic heterocycles. The molecule has 0 aliphatic carbocycles. The molecule has 0 atom stereocenters. The quantitative estimate of drug-likeness (QED) is 0.127. The Kier molecular flexibility index (Phi) is 11.1. The van der Waals surface area contributed by atoms with E-state index in [0.717, 1.165) is 150 Å². The fourth-order valence-electron chi connectivity index (χ4n) is 10.7. The Morgan fingerprint density at radius 3 is 1.61 bits per heavy atom. The SMILES string of the molecule is C=Cc1oc2ccc(-c3ccc(-c4cc(-c5ccc(-c6ccc7oc8ccccc8c7c6)cc5)cc(-c5cc(-c6cccc(-c7ccc8ccc9cccnc9c8n7)c6)nc(-c6ccccc6)n5)c4)cc3)cc2c1/C=C\C. The maximum Gasteiger partial charge on any atom is 0.160 e. The molecule has 6 heteroatoms. The molecular formula is C71H46N4O2. The van der Waals surface area contributed by atoms with Crippen molar-refractivity contribution in [2.75, 3.05) is 0 Å². The smallest absolute Gasteiger partial charge is 0.160 e. The summed E-state index contributed by atoms with van der Waals surface area (Å²) in [6.45, 7) is 6.01. The number of allylic oxidation sites excluding steroid dienone is 1. The third-order valence-corrected chi connectivity index (χ3v) is 14.6. The van der Waals surface area contributed by atoms with Crippen molar-refractivity contribution in [1.29, 1.82) is 0 Å². The Bertz CT molecular complexity index is 4640. The van der Waals surface area contributed by atoms with E-state index in [-0.39, 0.29) is 0 Å². The first-order valence-electron chi connectivity index (χ1n) is 25.8. The van der Waals surface area contributed by atoms with Gasteiger partial charge in [0.1, 0.15) is 22.5 Å². The van der Waals surface area contributed by atoms with Crippen LogP contribution < -0.4 is 0 Å². The molecule has 0 radical (unpaired) electrons. The average molecular weight is 987 g/mol. The summed E-state index contributed by atoms with van der Waals surface area (Å²) in [7, 11) is 0. The highest BCUT2D eigenvalue weighted by atomic mass is 16.3. The number of hydrogen-bond acceptors (Lipinski definition) is 6. The lowest BCUT2D eigenvalue weighted by Crippen LogP contribution is -1.97. The molecule has 362 valence electrons. The maximum absolute atomic E-state index is 6.17. The predicted molar refractivity (Wildman–Crippen MR) is 318 cm³/mol. The Morgan fingerprint density at radius 2 is 0.909 bits per heavy atom. The van der Waals surface area contributed by atoms with Crippen LogP contribution in [0.1, 0.15) is 18.2 Å². The molecule has 6 nitrogen and oxygen atoms in total. The van der Waals surface area contributed by atoms with Crippen molar-refractivity contribution in [1.82, 2.24) is 19.9 Å². The first kappa shape index (κ1) is 45.3. The molecule has 0 fully saturated rings. The van der Waals surface area contributed by atoms with E-state index in [2.05, 4.69) is 195 Å². The van der Waals surface area contributed by atoms with Crippen LogP contribution in [0.5, 0.6) is 0 Å². The summed E-state index contributed by atoms with van der Waals surface area (Å²) >= 11 is 0. The minimum atomic E-state index is 0.639. The standard InChI is InChI=1S/C71H46N4O2/c1-3-12-58-60-41-51(31-34-67(60)76-65(58)4-2)44-20-24-46(25-21-44)55-38-56(47-26-22-45(23-27-47)52-32-35-68-61(42-52)59-18-8-9-19-66(59)77-68)40-57(39-55)64-43-63(74-71(75-64)50-13-6-5-7-14-50)54-16-10-15-53(37-54)62-33-30-49-29-28-48-17-11-36-72-69(48)70(49)73-62/h3-43H,2H2,1H3/b12-3-. The van der Waals surface area contributed by atoms with Crippen LogP contribution in [0.3, 0.4) is 0 Å². The lowest BCUT2D eigenvalue weighted by atomic mass is 9.92. The highest BCUT2D eigenvalue weighted by Crippen LogP contribution is 2.39. The van der Waals surface area contributed by atoms with Crippen molar-refractivity contribution in [3.63, 3.8) is 0 Å². The van der Waals surface area contributed by atoms with Gasteiger partial charge in [-0.05, 0) is 130 Å². The number of hydrogen-bond donors (Lipinski definition) is 0. The number of nitrogens with zero attached hydrogens (tertiary/aromatic N) is 4. The van der Waals surface area contributed by atoms with Crippen molar-refractivity contribution in [3.05, 3.63) is 255 Å². The maximum atomic E-state index is 6.17. The molecule has 77 heavy (non-hydrogen) atoms. The zero-order chi connectivity index (χ0) is 51.4. The minimum absolute atomic E-state index is 0.639. The Balaban J connectivity index is 0.890. The van der Waals surface area contributed by atoms with Gasteiger partial charge in [-0.2, -0.15) is 0 Å². The van der Waals surface area contributed by atoms with Crippen molar-refractivity contribution in [3.8, 4) is 89.7 Å². The molecule has 14 rings (SSSR count). The molecule has 0 aliphatic rings. The zero-order valence-corrected chi connectivity index (χ0v) is 42.0. The highest BCUT2D eigenvalue weighted by Gasteiger charge is 2.17. The van der Waals surface area contributed by atoms with Gasteiger partial charge >= 0.3 is 0 Å². The second-order valence-electron chi connectivity index (χ2n) is 19.4. The molecule has 0 saturated carbocycles. The highest BCUT2D eigenvalue weighted by molar-refractivity contribution is 6.06. The van der Waals surface area contributed by atoms with Crippen molar-refractivity contribution in [2.24, 2.45) is 0 Å². The molecule has 0 amide bonds. The topological polar surface area (TPSA) is 77.8 Å². The molecule has 0 unspecified atom stereocenters. The normalized spacial score (nSPS) is 11.7. The minimum Gasteiger partial charge on any atom is -0.456 e. The van der Waals surface area contributed by atoms with Gasteiger partial charge in [-0.3, -0.25) is 4.98 Å². The van der Waals surface area contributed by atoms with Crippen LogP contribution in [0.25, 0.3) is 157 Å². The molecule has 0 N–H and O–H groups in total. The first-order valence-corrected chi connectivity index (χ1v) is 25.8. The van der Waals surface area contributed by atoms with Gasteiger partial charge in [0, 0.05) is 60.9 Å². The van der Waals surface area contributed by atoms with Crippen molar-refractivity contribution < 1.29 is 8.83 Å². The van der Waals surface area contributed by atoms with E-state index < -0.39 is 0 Å². The van der Waals surface area contributed by atoms with Crippen LogP contribution in [0.15, 0.2) is 252 Å². The molecular weight excluding hydrogens is 941 g/mol. The predicted octanol–water partition coefficient (Wildman–Crippen LogP) is 19.2. The molecule has 0 saturated heterocycles. The van der Waals surface area contributed by atoms with E-state index in [1.807, 2.05) is 61.7 Å². The van der Waals surface area contributed by atoms with Gasteiger partial charge in [0.2, 0.25) is 0 Å². The van der Waals surface area contributed by atoms with Crippen molar-refractivity contribution in [2.45, 2.75) is 6.92 Å². The molecule has 9 aromatic carbocycles.